The first-order valence-corrected chi connectivity index (χ1v) is 15.4. The summed E-state index contributed by atoms with van der Waals surface area (Å²) in [6.07, 6.45) is 7.37. The molecule has 42 heavy (non-hydrogen) atoms. The van der Waals surface area contributed by atoms with E-state index in [-0.39, 0.29) is 31.4 Å². The van der Waals surface area contributed by atoms with Crippen LogP contribution in [0, 0.1) is 0 Å². The first-order valence-electron chi connectivity index (χ1n) is 13.5. The van der Waals surface area contributed by atoms with Crippen LogP contribution in [-0.4, -0.2) is 58.2 Å². The maximum absolute atomic E-state index is 12.6. The molecule has 4 rings (SSSR count). The highest BCUT2D eigenvalue weighted by molar-refractivity contribution is 7.92. The van der Waals surface area contributed by atoms with Gasteiger partial charge in [0.2, 0.25) is 15.6 Å². The number of carbonyl (C=O) groups excluding carboxylic acids is 1. The van der Waals surface area contributed by atoms with Crippen molar-refractivity contribution in [3.8, 4) is 5.75 Å². The Kier molecular flexibility index (Phi) is 10.5. The van der Waals surface area contributed by atoms with E-state index in [9.17, 15) is 18.3 Å². The molecule has 0 aromatic heterocycles. The van der Waals surface area contributed by atoms with Crippen LogP contribution in [0.3, 0.4) is 0 Å². The van der Waals surface area contributed by atoms with Crippen molar-refractivity contribution in [3.05, 3.63) is 120 Å². The van der Waals surface area contributed by atoms with E-state index in [1.807, 2.05) is 72.8 Å². The molecule has 0 saturated heterocycles. The van der Waals surface area contributed by atoms with Crippen LogP contribution in [0.2, 0.25) is 0 Å². The summed E-state index contributed by atoms with van der Waals surface area (Å²) >= 11 is 0. The minimum absolute atomic E-state index is 0.0260. The molecule has 0 spiro atoms. The van der Waals surface area contributed by atoms with Gasteiger partial charge in [0, 0.05) is 19.0 Å². The van der Waals surface area contributed by atoms with Gasteiger partial charge in [-0.05, 0) is 41.0 Å². The highest BCUT2D eigenvalue weighted by Gasteiger charge is 2.37. The third kappa shape index (κ3) is 8.53. The number of carbonyl (C=O) groups is 1. The lowest BCUT2D eigenvalue weighted by molar-refractivity contribution is -0.158. The van der Waals surface area contributed by atoms with Crippen molar-refractivity contribution in [2.75, 3.05) is 37.8 Å². The monoisotopic (exact) mass is 592 g/mol. The van der Waals surface area contributed by atoms with Gasteiger partial charge < -0.3 is 24.6 Å². The molecular formula is C32H36N2O7S. The Morgan fingerprint density at radius 2 is 1.67 bits per heavy atom. The zero-order chi connectivity index (χ0) is 30.0. The van der Waals surface area contributed by atoms with E-state index >= 15 is 0 Å². The Morgan fingerprint density at radius 1 is 1.00 bits per heavy atom. The molecule has 3 aromatic rings. The Morgan fingerprint density at radius 3 is 2.31 bits per heavy atom. The van der Waals surface area contributed by atoms with Crippen LogP contribution in [0.4, 0.5) is 5.69 Å². The number of hydrogen-bond acceptors (Lipinski definition) is 8. The third-order valence-corrected chi connectivity index (χ3v) is 7.26. The Bertz CT molecular complexity index is 1480. The van der Waals surface area contributed by atoms with Gasteiger partial charge in [-0.25, -0.2) is 13.2 Å². The summed E-state index contributed by atoms with van der Waals surface area (Å²) in [6.45, 7) is 0.929. The number of aliphatic hydroxyl groups is 1. The number of esters is 1. The quantitative estimate of drug-likeness (QED) is 0.145. The zero-order valence-corrected chi connectivity index (χ0v) is 24.4. The molecule has 1 aliphatic carbocycles. The summed E-state index contributed by atoms with van der Waals surface area (Å²) in [4.78, 5) is 12.6. The molecule has 222 valence electrons. The Labute approximate surface area is 246 Å². The van der Waals surface area contributed by atoms with Crippen molar-refractivity contribution < 1.29 is 32.5 Å². The van der Waals surface area contributed by atoms with Gasteiger partial charge in [-0.2, -0.15) is 0 Å². The first kappa shape index (κ1) is 31.0. The van der Waals surface area contributed by atoms with Crippen LogP contribution in [-0.2, 0) is 30.9 Å². The number of aliphatic hydroxyl groups excluding tert-OH is 1. The molecule has 0 saturated carbocycles. The van der Waals surface area contributed by atoms with E-state index in [1.165, 1.54) is 7.11 Å². The number of ether oxygens (including phenoxy) is 3. The highest BCUT2D eigenvalue weighted by Crippen LogP contribution is 2.31. The summed E-state index contributed by atoms with van der Waals surface area (Å²) < 4.78 is 43.2. The molecule has 9 nitrogen and oxygen atoms in total. The smallest absolute Gasteiger partial charge is 0.346 e. The fourth-order valence-electron chi connectivity index (χ4n) is 4.51. The highest BCUT2D eigenvalue weighted by atomic mass is 32.2. The normalized spacial score (nSPS) is 18.8. The average molecular weight is 593 g/mol. The van der Waals surface area contributed by atoms with Gasteiger partial charge in [-0.1, -0.05) is 78.9 Å². The molecule has 3 N–H and O–H groups in total. The molecule has 0 unspecified atom stereocenters. The summed E-state index contributed by atoms with van der Waals surface area (Å²) in [7, 11) is -2.27. The number of hydrogen-bond donors (Lipinski definition) is 3. The molecule has 1 atom stereocenters. The fraction of sp³-hybridized carbons (Fsp3) is 0.281. The van der Waals surface area contributed by atoms with E-state index in [1.54, 1.807) is 30.4 Å². The molecule has 10 heteroatoms. The third-order valence-electron chi connectivity index (χ3n) is 6.67. The van der Waals surface area contributed by atoms with Crippen molar-refractivity contribution in [1.29, 1.82) is 0 Å². The number of sulfonamides is 1. The van der Waals surface area contributed by atoms with Gasteiger partial charge >= 0.3 is 5.97 Å². The minimum Gasteiger partial charge on any atom is -0.487 e. The van der Waals surface area contributed by atoms with Gasteiger partial charge in [0.1, 0.15) is 12.4 Å². The first-order chi connectivity index (χ1) is 20.2. The van der Waals surface area contributed by atoms with Crippen LogP contribution in [0.1, 0.15) is 28.7 Å². The number of rotatable bonds is 14. The van der Waals surface area contributed by atoms with Crippen molar-refractivity contribution in [1.82, 2.24) is 5.32 Å². The van der Waals surface area contributed by atoms with Crippen molar-refractivity contribution in [2.45, 2.75) is 24.2 Å². The number of methoxy groups -OCH3 is 1. The predicted octanol–water partition coefficient (Wildman–Crippen LogP) is 4.10. The summed E-state index contributed by atoms with van der Waals surface area (Å²) in [6, 6.07) is 24.3. The molecule has 1 aliphatic rings. The van der Waals surface area contributed by atoms with E-state index in [0.717, 1.165) is 17.4 Å². The number of allylic oxidation sites excluding steroid dienone is 2. The molecule has 0 aliphatic heterocycles. The van der Waals surface area contributed by atoms with E-state index in [0.29, 0.717) is 17.9 Å². The van der Waals surface area contributed by atoms with Crippen LogP contribution < -0.4 is 14.8 Å². The number of anilines is 1. The SMILES string of the molecule is COC(=O)C1(OCCNC[C@H](O)c2ccc(OCc3ccccc3)c(NS(C)(=O)=O)c2)C=CC(c2ccccc2)C=C1. The zero-order valence-electron chi connectivity index (χ0n) is 23.6. The standard InChI is InChI=1S/C32H36N2O7S/c1-39-31(36)32(17-15-26(16-18-32)25-11-7-4-8-12-25)41-20-19-33-22-29(35)27-13-14-30(28(21-27)34-42(2,37)38)40-23-24-9-5-3-6-10-24/h3-18,21,26,29,33-35H,19-20,22-23H2,1-2H3/t26?,29-,32?/m0/s1. The van der Waals surface area contributed by atoms with Crippen molar-refractivity contribution in [2.24, 2.45) is 0 Å². The molecule has 0 radical (unpaired) electrons. The summed E-state index contributed by atoms with van der Waals surface area (Å²) in [5.74, 6) is -0.155. The molecule has 0 fully saturated rings. The summed E-state index contributed by atoms with van der Waals surface area (Å²) in [5.41, 5.74) is 1.44. The van der Waals surface area contributed by atoms with Gasteiger partial charge in [-0.15, -0.1) is 0 Å². The molecular weight excluding hydrogens is 556 g/mol. The minimum atomic E-state index is -3.59. The molecule has 0 bridgehead atoms. The van der Waals surface area contributed by atoms with Gasteiger partial charge in [0.05, 0.1) is 31.8 Å². The number of nitrogens with one attached hydrogen (secondary N) is 2. The second-order valence-electron chi connectivity index (χ2n) is 9.91. The molecule has 3 aromatic carbocycles. The lowest BCUT2D eigenvalue weighted by atomic mass is 9.88. The van der Waals surface area contributed by atoms with E-state index < -0.39 is 27.7 Å². The largest absolute Gasteiger partial charge is 0.487 e. The van der Waals surface area contributed by atoms with Crippen molar-refractivity contribution in [3.63, 3.8) is 0 Å². The average Bonchev–Trinajstić information content (AvgIpc) is 3.00. The van der Waals surface area contributed by atoms with Gasteiger partial charge in [0.25, 0.3) is 0 Å². The van der Waals surface area contributed by atoms with Gasteiger partial charge in [-0.3, -0.25) is 4.72 Å². The Hall–Kier alpha value is -3.96. The van der Waals surface area contributed by atoms with Crippen LogP contribution in [0.5, 0.6) is 5.75 Å². The fourth-order valence-corrected chi connectivity index (χ4v) is 5.06. The lowest BCUT2D eigenvalue weighted by Crippen LogP contribution is -2.42. The topological polar surface area (TPSA) is 123 Å². The lowest BCUT2D eigenvalue weighted by Gasteiger charge is -2.29. The second kappa shape index (κ2) is 14.3. The molecule has 0 heterocycles. The van der Waals surface area contributed by atoms with Crippen LogP contribution in [0.15, 0.2) is 103 Å². The second-order valence-corrected chi connectivity index (χ2v) is 11.7. The van der Waals surface area contributed by atoms with Crippen LogP contribution in [0.25, 0.3) is 0 Å². The van der Waals surface area contributed by atoms with Gasteiger partial charge in [0.15, 0.2) is 0 Å². The van der Waals surface area contributed by atoms with Crippen LogP contribution >= 0.6 is 0 Å². The Balaban J connectivity index is 1.33. The van der Waals surface area contributed by atoms with E-state index in [4.69, 9.17) is 14.2 Å². The maximum atomic E-state index is 12.6. The van der Waals surface area contributed by atoms with E-state index in [2.05, 4.69) is 10.0 Å². The van der Waals surface area contributed by atoms with Crippen molar-refractivity contribution >= 4 is 21.7 Å². The maximum Gasteiger partial charge on any atom is 0.346 e. The number of benzene rings is 3. The summed E-state index contributed by atoms with van der Waals surface area (Å²) in [5, 5.41) is 13.9. The predicted molar refractivity (Wildman–Crippen MR) is 162 cm³/mol. The molecule has 0 amide bonds.